The van der Waals surface area contributed by atoms with Gasteiger partial charge in [-0.3, -0.25) is 9.59 Å². The predicted molar refractivity (Wildman–Crippen MR) is 112 cm³/mol. The standard InChI is InChI=1S/C20H25N3O4.ClH/c1-26-15-11-14(12-16(13-15)27-2)7-8-19(24)23-18-6-4-3-5-17(18)20(25)22-10-9-21;/h3-6,11-13H,7-10,21H2,1-2H3,(H,22,25)(H,23,24);1H. The van der Waals surface area contributed by atoms with Crippen molar-refractivity contribution in [3.63, 3.8) is 0 Å². The Morgan fingerprint density at radius 1 is 1.04 bits per heavy atom. The maximum atomic E-state index is 12.4. The average molecular weight is 408 g/mol. The quantitative estimate of drug-likeness (QED) is 0.592. The van der Waals surface area contributed by atoms with Gasteiger partial charge in [-0.05, 0) is 36.2 Å². The van der Waals surface area contributed by atoms with Gasteiger partial charge >= 0.3 is 0 Å². The number of nitrogens with one attached hydrogen (secondary N) is 2. The summed E-state index contributed by atoms with van der Waals surface area (Å²) in [5, 5.41) is 5.50. The van der Waals surface area contributed by atoms with Crippen LogP contribution in [0.2, 0.25) is 0 Å². The first kappa shape index (κ1) is 23.3. The van der Waals surface area contributed by atoms with Crippen molar-refractivity contribution < 1.29 is 19.1 Å². The molecule has 4 N–H and O–H groups in total. The Bertz CT molecular complexity index is 777. The summed E-state index contributed by atoms with van der Waals surface area (Å²) in [5.41, 5.74) is 7.21. The molecule has 28 heavy (non-hydrogen) atoms. The zero-order chi connectivity index (χ0) is 19.6. The van der Waals surface area contributed by atoms with Crippen LogP contribution >= 0.6 is 12.4 Å². The van der Waals surface area contributed by atoms with Crippen molar-refractivity contribution in [1.29, 1.82) is 0 Å². The number of hydrogen-bond donors (Lipinski definition) is 3. The Balaban J connectivity index is 0.00000392. The maximum Gasteiger partial charge on any atom is 0.253 e. The molecule has 0 saturated heterocycles. The molecular formula is C20H26ClN3O4. The number of amides is 2. The predicted octanol–water partition coefficient (Wildman–Crippen LogP) is 2.39. The minimum Gasteiger partial charge on any atom is -0.497 e. The van der Waals surface area contributed by atoms with E-state index < -0.39 is 0 Å². The van der Waals surface area contributed by atoms with Crippen LogP contribution in [0, 0.1) is 0 Å². The molecule has 2 aromatic carbocycles. The molecule has 0 aliphatic heterocycles. The third-order valence-corrected chi connectivity index (χ3v) is 3.93. The topological polar surface area (TPSA) is 103 Å². The number of methoxy groups -OCH3 is 2. The fourth-order valence-corrected chi connectivity index (χ4v) is 2.55. The number of carbonyl (C=O) groups excluding carboxylic acids is 2. The third-order valence-electron chi connectivity index (χ3n) is 3.93. The Kier molecular flexibility index (Phi) is 9.84. The van der Waals surface area contributed by atoms with E-state index in [9.17, 15) is 9.59 Å². The number of halogens is 1. The molecule has 0 aliphatic rings. The molecule has 2 rings (SSSR count). The molecular weight excluding hydrogens is 382 g/mol. The molecule has 2 amide bonds. The van der Waals surface area contributed by atoms with Gasteiger partial charge in [0.1, 0.15) is 11.5 Å². The highest BCUT2D eigenvalue weighted by Crippen LogP contribution is 2.23. The lowest BCUT2D eigenvalue weighted by molar-refractivity contribution is -0.116. The first-order chi connectivity index (χ1) is 13.1. The minimum absolute atomic E-state index is 0. The highest BCUT2D eigenvalue weighted by molar-refractivity contribution is 6.03. The van der Waals surface area contributed by atoms with Crippen LogP contribution in [0.25, 0.3) is 0 Å². The molecule has 0 saturated carbocycles. The molecule has 2 aromatic rings. The molecule has 0 unspecified atom stereocenters. The zero-order valence-electron chi connectivity index (χ0n) is 16.0. The molecule has 0 radical (unpaired) electrons. The highest BCUT2D eigenvalue weighted by Gasteiger charge is 2.13. The number of rotatable bonds is 9. The van der Waals surface area contributed by atoms with E-state index in [1.807, 2.05) is 12.1 Å². The van der Waals surface area contributed by atoms with Gasteiger partial charge in [-0.15, -0.1) is 12.4 Å². The Labute approximate surface area is 171 Å². The lowest BCUT2D eigenvalue weighted by atomic mass is 10.1. The number of carbonyl (C=O) groups is 2. The van der Waals surface area contributed by atoms with Crippen LogP contribution in [-0.2, 0) is 11.2 Å². The molecule has 8 heteroatoms. The molecule has 0 atom stereocenters. The first-order valence-corrected chi connectivity index (χ1v) is 8.66. The smallest absolute Gasteiger partial charge is 0.253 e. The highest BCUT2D eigenvalue weighted by atomic mass is 35.5. The second-order valence-electron chi connectivity index (χ2n) is 5.86. The van der Waals surface area contributed by atoms with Gasteiger partial charge in [0.05, 0.1) is 25.5 Å². The van der Waals surface area contributed by atoms with Crippen LogP contribution in [-0.4, -0.2) is 39.1 Å². The van der Waals surface area contributed by atoms with Crippen LogP contribution in [0.4, 0.5) is 5.69 Å². The maximum absolute atomic E-state index is 12.4. The molecule has 0 heterocycles. The van der Waals surface area contributed by atoms with Crippen molar-refractivity contribution in [2.75, 3.05) is 32.6 Å². The summed E-state index contributed by atoms with van der Waals surface area (Å²) < 4.78 is 10.5. The number of ether oxygens (including phenoxy) is 2. The van der Waals surface area contributed by atoms with Gasteiger partial charge in [0.2, 0.25) is 5.91 Å². The van der Waals surface area contributed by atoms with Gasteiger partial charge in [0.25, 0.3) is 5.91 Å². The fourth-order valence-electron chi connectivity index (χ4n) is 2.55. The van der Waals surface area contributed by atoms with Crippen molar-refractivity contribution >= 4 is 29.9 Å². The molecule has 0 aliphatic carbocycles. The normalized spacial score (nSPS) is 9.82. The Morgan fingerprint density at radius 2 is 1.68 bits per heavy atom. The van der Waals surface area contributed by atoms with Crippen molar-refractivity contribution in [1.82, 2.24) is 5.32 Å². The molecule has 0 fully saturated rings. The summed E-state index contributed by atoms with van der Waals surface area (Å²) in [6, 6.07) is 12.4. The molecule has 0 aromatic heterocycles. The molecule has 7 nitrogen and oxygen atoms in total. The number of hydrogen-bond acceptors (Lipinski definition) is 5. The van der Waals surface area contributed by atoms with E-state index in [2.05, 4.69) is 10.6 Å². The van der Waals surface area contributed by atoms with E-state index in [-0.39, 0.29) is 30.6 Å². The minimum atomic E-state index is -0.270. The van der Waals surface area contributed by atoms with Gasteiger partial charge < -0.3 is 25.8 Å². The van der Waals surface area contributed by atoms with Crippen molar-refractivity contribution in [2.24, 2.45) is 5.73 Å². The molecule has 152 valence electrons. The lowest BCUT2D eigenvalue weighted by Crippen LogP contribution is -2.30. The first-order valence-electron chi connectivity index (χ1n) is 8.66. The van der Waals surface area contributed by atoms with Gasteiger partial charge in [-0.25, -0.2) is 0 Å². The van der Waals surface area contributed by atoms with E-state index in [1.165, 1.54) is 0 Å². The van der Waals surface area contributed by atoms with Crippen LogP contribution in [0.5, 0.6) is 11.5 Å². The fraction of sp³-hybridized carbons (Fsp3) is 0.300. The van der Waals surface area contributed by atoms with Gasteiger partial charge in [-0.2, -0.15) is 0 Å². The second kappa shape index (κ2) is 11.8. The molecule has 0 spiro atoms. The number of aryl methyl sites for hydroxylation is 1. The lowest BCUT2D eigenvalue weighted by Gasteiger charge is -2.12. The number of nitrogens with two attached hydrogens (primary N) is 1. The SMILES string of the molecule is COc1cc(CCC(=O)Nc2ccccc2C(=O)NCCN)cc(OC)c1.Cl. The largest absolute Gasteiger partial charge is 0.497 e. The third kappa shape index (κ3) is 6.75. The summed E-state index contributed by atoms with van der Waals surface area (Å²) in [6.45, 7) is 0.725. The monoisotopic (exact) mass is 407 g/mol. The van der Waals surface area contributed by atoms with Crippen molar-refractivity contribution in [2.45, 2.75) is 12.8 Å². The Morgan fingerprint density at radius 3 is 2.29 bits per heavy atom. The summed E-state index contributed by atoms with van der Waals surface area (Å²) in [4.78, 5) is 24.5. The van der Waals surface area contributed by atoms with Crippen molar-refractivity contribution in [3.05, 3.63) is 53.6 Å². The van der Waals surface area contributed by atoms with Gasteiger partial charge in [0, 0.05) is 25.6 Å². The van der Waals surface area contributed by atoms with E-state index >= 15 is 0 Å². The molecule has 0 bridgehead atoms. The van der Waals surface area contributed by atoms with Crippen LogP contribution < -0.4 is 25.8 Å². The van der Waals surface area contributed by atoms with E-state index in [4.69, 9.17) is 15.2 Å². The summed E-state index contributed by atoms with van der Waals surface area (Å²) in [7, 11) is 3.16. The second-order valence-corrected chi connectivity index (χ2v) is 5.86. The van der Waals surface area contributed by atoms with E-state index in [0.29, 0.717) is 42.3 Å². The van der Waals surface area contributed by atoms with Crippen LogP contribution in [0.3, 0.4) is 0 Å². The van der Waals surface area contributed by atoms with Gasteiger partial charge in [-0.1, -0.05) is 12.1 Å². The summed E-state index contributed by atoms with van der Waals surface area (Å²) in [6.07, 6.45) is 0.774. The van der Waals surface area contributed by atoms with Crippen LogP contribution in [0.1, 0.15) is 22.3 Å². The van der Waals surface area contributed by atoms with Crippen LogP contribution in [0.15, 0.2) is 42.5 Å². The van der Waals surface area contributed by atoms with Gasteiger partial charge in [0.15, 0.2) is 0 Å². The zero-order valence-corrected chi connectivity index (χ0v) is 16.8. The number of benzene rings is 2. The number of para-hydroxylation sites is 1. The summed E-state index contributed by atoms with van der Waals surface area (Å²) in [5.74, 6) is 0.892. The Hall–Kier alpha value is -2.77. The van der Waals surface area contributed by atoms with E-state index in [0.717, 1.165) is 5.56 Å². The summed E-state index contributed by atoms with van der Waals surface area (Å²) >= 11 is 0. The average Bonchev–Trinajstić information content (AvgIpc) is 2.70. The van der Waals surface area contributed by atoms with E-state index in [1.54, 1.807) is 44.6 Å². The number of anilines is 1. The van der Waals surface area contributed by atoms with Crippen molar-refractivity contribution in [3.8, 4) is 11.5 Å².